The first-order valence-corrected chi connectivity index (χ1v) is 9.56. The van der Waals surface area contributed by atoms with Crippen molar-refractivity contribution in [2.75, 3.05) is 26.2 Å². The van der Waals surface area contributed by atoms with Crippen LogP contribution in [0.2, 0.25) is 0 Å². The highest BCUT2D eigenvalue weighted by Gasteiger charge is 2.23. The fourth-order valence-corrected chi connectivity index (χ4v) is 3.36. The summed E-state index contributed by atoms with van der Waals surface area (Å²) >= 11 is 3.46. The van der Waals surface area contributed by atoms with E-state index in [1.54, 1.807) is 34.1 Å². The van der Waals surface area contributed by atoms with Crippen molar-refractivity contribution in [3.05, 3.63) is 76.0 Å². The topological polar surface area (TPSA) is 40.6 Å². The molecule has 27 heavy (non-hydrogen) atoms. The molecular weight excluding hydrogens is 411 g/mol. The third-order valence-electron chi connectivity index (χ3n) is 4.52. The first-order chi connectivity index (χ1) is 13.0. The van der Waals surface area contributed by atoms with Gasteiger partial charge in [0.15, 0.2) is 0 Å². The van der Waals surface area contributed by atoms with E-state index >= 15 is 0 Å². The van der Waals surface area contributed by atoms with Crippen molar-refractivity contribution >= 4 is 33.8 Å². The van der Waals surface area contributed by atoms with Crippen molar-refractivity contribution in [3.63, 3.8) is 0 Å². The average molecular weight is 431 g/mol. The number of rotatable bonds is 4. The maximum absolute atomic E-state index is 12.9. The van der Waals surface area contributed by atoms with E-state index in [0.29, 0.717) is 26.2 Å². The summed E-state index contributed by atoms with van der Waals surface area (Å²) in [6.45, 7) is 2.03. The van der Waals surface area contributed by atoms with Gasteiger partial charge in [-0.05, 0) is 35.4 Å². The largest absolute Gasteiger partial charge is 0.339 e. The summed E-state index contributed by atoms with van der Waals surface area (Å²) in [5.41, 5.74) is 1.73. The zero-order chi connectivity index (χ0) is 19.2. The molecule has 3 rings (SSSR count). The van der Waals surface area contributed by atoms with E-state index in [1.807, 2.05) is 24.3 Å². The second-order valence-corrected chi connectivity index (χ2v) is 7.22. The van der Waals surface area contributed by atoms with Crippen molar-refractivity contribution in [1.29, 1.82) is 0 Å². The first kappa shape index (κ1) is 19.3. The Morgan fingerprint density at radius 3 is 2.26 bits per heavy atom. The van der Waals surface area contributed by atoms with Gasteiger partial charge in [-0.2, -0.15) is 0 Å². The molecule has 0 aromatic heterocycles. The lowest BCUT2D eigenvalue weighted by atomic mass is 10.1. The molecule has 2 amide bonds. The lowest BCUT2D eigenvalue weighted by Crippen LogP contribution is -2.50. The van der Waals surface area contributed by atoms with E-state index in [0.717, 1.165) is 15.6 Å². The van der Waals surface area contributed by atoms with Crippen molar-refractivity contribution in [1.82, 2.24) is 9.80 Å². The molecule has 4 nitrogen and oxygen atoms in total. The molecule has 0 saturated carbocycles. The van der Waals surface area contributed by atoms with Gasteiger partial charge in [0.1, 0.15) is 5.82 Å². The Kier molecular flexibility index (Phi) is 6.40. The standard InChI is InChI=1S/C21H20BrFN2O2/c22-19-4-2-1-3-17(19)7-10-20(26)24-11-13-25(14-12-24)21(27)15-16-5-8-18(23)9-6-16/h1-10H,11-15H2. The van der Waals surface area contributed by atoms with Gasteiger partial charge in [0.05, 0.1) is 6.42 Å². The number of carbonyl (C=O) groups excluding carboxylic acids is 2. The predicted molar refractivity (Wildman–Crippen MR) is 106 cm³/mol. The molecule has 0 spiro atoms. The molecule has 6 heteroatoms. The molecule has 1 aliphatic rings. The molecule has 0 atom stereocenters. The molecular formula is C21H20BrFN2O2. The van der Waals surface area contributed by atoms with Crippen LogP contribution < -0.4 is 0 Å². The Labute approximate surface area is 166 Å². The zero-order valence-electron chi connectivity index (χ0n) is 14.8. The van der Waals surface area contributed by atoms with Crippen LogP contribution in [0.15, 0.2) is 59.1 Å². The van der Waals surface area contributed by atoms with E-state index in [-0.39, 0.29) is 24.1 Å². The highest BCUT2D eigenvalue weighted by molar-refractivity contribution is 9.10. The number of hydrogen-bond donors (Lipinski definition) is 0. The average Bonchev–Trinajstić information content (AvgIpc) is 2.69. The predicted octanol–water partition coefficient (Wildman–Crippen LogP) is 3.51. The molecule has 0 N–H and O–H groups in total. The van der Waals surface area contributed by atoms with Crippen molar-refractivity contribution in [2.24, 2.45) is 0 Å². The summed E-state index contributed by atoms with van der Waals surface area (Å²) in [7, 11) is 0. The van der Waals surface area contributed by atoms with E-state index in [2.05, 4.69) is 15.9 Å². The van der Waals surface area contributed by atoms with Gasteiger partial charge in [-0.3, -0.25) is 9.59 Å². The molecule has 1 saturated heterocycles. The Morgan fingerprint density at radius 1 is 0.963 bits per heavy atom. The minimum absolute atomic E-state index is 0.00235. The SMILES string of the molecule is O=C(C=Cc1ccccc1Br)N1CCN(C(=O)Cc2ccc(F)cc2)CC1. The van der Waals surface area contributed by atoms with Gasteiger partial charge in [0.2, 0.25) is 11.8 Å². The maximum Gasteiger partial charge on any atom is 0.246 e. The van der Waals surface area contributed by atoms with Crippen molar-refractivity contribution in [2.45, 2.75) is 6.42 Å². The summed E-state index contributed by atoms with van der Waals surface area (Å²) in [5, 5.41) is 0. The zero-order valence-corrected chi connectivity index (χ0v) is 16.4. The lowest BCUT2D eigenvalue weighted by Gasteiger charge is -2.34. The lowest BCUT2D eigenvalue weighted by molar-refractivity contribution is -0.136. The van der Waals surface area contributed by atoms with Crippen LogP contribution in [0.5, 0.6) is 0 Å². The normalized spacial score (nSPS) is 14.6. The fraction of sp³-hybridized carbons (Fsp3) is 0.238. The quantitative estimate of drug-likeness (QED) is 0.696. The molecule has 0 bridgehead atoms. The number of hydrogen-bond acceptors (Lipinski definition) is 2. The third kappa shape index (κ3) is 5.26. The van der Waals surface area contributed by atoms with Crippen LogP contribution in [-0.4, -0.2) is 47.8 Å². The van der Waals surface area contributed by atoms with Crippen LogP contribution >= 0.6 is 15.9 Å². The molecule has 1 heterocycles. The van der Waals surface area contributed by atoms with Crippen LogP contribution in [-0.2, 0) is 16.0 Å². The maximum atomic E-state index is 12.9. The van der Waals surface area contributed by atoms with E-state index in [4.69, 9.17) is 0 Å². The summed E-state index contributed by atoms with van der Waals surface area (Å²) in [4.78, 5) is 28.3. The summed E-state index contributed by atoms with van der Waals surface area (Å²) in [6.07, 6.45) is 3.60. The van der Waals surface area contributed by atoms with Gasteiger partial charge in [0, 0.05) is 36.7 Å². The Hall–Kier alpha value is -2.47. The number of piperazine rings is 1. The van der Waals surface area contributed by atoms with Crippen LogP contribution in [0, 0.1) is 5.82 Å². The molecule has 140 valence electrons. The summed E-state index contributed by atoms with van der Waals surface area (Å²) < 4.78 is 13.9. The fourth-order valence-electron chi connectivity index (χ4n) is 2.94. The second kappa shape index (κ2) is 8.95. The van der Waals surface area contributed by atoms with Gasteiger partial charge in [-0.25, -0.2) is 4.39 Å². The highest BCUT2D eigenvalue weighted by atomic mass is 79.9. The van der Waals surface area contributed by atoms with Crippen LogP contribution in [0.25, 0.3) is 6.08 Å². The molecule has 1 fully saturated rings. The van der Waals surface area contributed by atoms with Crippen molar-refractivity contribution < 1.29 is 14.0 Å². The molecule has 0 radical (unpaired) electrons. The van der Waals surface area contributed by atoms with Gasteiger partial charge in [0.25, 0.3) is 0 Å². The number of nitrogens with zero attached hydrogens (tertiary/aromatic N) is 2. The highest BCUT2D eigenvalue weighted by Crippen LogP contribution is 2.17. The smallest absolute Gasteiger partial charge is 0.246 e. The van der Waals surface area contributed by atoms with Crippen LogP contribution in [0.4, 0.5) is 4.39 Å². The molecule has 0 unspecified atom stereocenters. The van der Waals surface area contributed by atoms with E-state index < -0.39 is 0 Å². The van der Waals surface area contributed by atoms with E-state index in [9.17, 15) is 14.0 Å². The minimum atomic E-state index is -0.311. The second-order valence-electron chi connectivity index (χ2n) is 6.36. The monoisotopic (exact) mass is 430 g/mol. The molecule has 1 aliphatic heterocycles. The van der Waals surface area contributed by atoms with Gasteiger partial charge >= 0.3 is 0 Å². The van der Waals surface area contributed by atoms with Gasteiger partial charge < -0.3 is 9.80 Å². The number of benzene rings is 2. The first-order valence-electron chi connectivity index (χ1n) is 8.76. The van der Waals surface area contributed by atoms with Crippen LogP contribution in [0.1, 0.15) is 11.1 Å². The molecule has 2 aromatic carbocycles. The van der Waals surface area contributed by atoms with Gasteiger partial charge in [-0.1, -0.05) is 46.3 Å². The third-order valence-corrected chi connectivity index (χ3v) is 5.25. The van der Waals surface area contributed by atoms with Gasteiger partial charge in [-0.15, -0.1) is 0 Å². The Balaban J connectivity index is 1.50. The Morgan fingerprint density at radius 2 is 1.59 bits per heavy atom. The van der Waals surface area contributed by atoms with E-state index in [1.165, 1.54) is 12.1 Å². The Bertz CT molecular complexity index is 844. The molecule has 2 aromatic rings. The molecule has 0 aliphatic carbocycles. The summed E-state index contributed by atoms with van der Waals surface area (Å²) in [6, 6.07) is 13.7. The van der Waals surface area contributed by atoms with Crippen LogP contribution in [0.3, 0.4) is 0 Å². The minimum Gasteiger partial charge on any atom is -0.339 e. The summed E-state index contributed by atoms with van der Waals surface area (Å²) in [5.74, 6) is -0.372. The number of amides is 2. The number of halogens is 2. The number of carbonyl (C=O) groups is 2. The van der Waals surface area contributed by atoms with Crippen molar-refractivity contribution in [3.8, 4) is 0 Å².